The van der Waals surface area contributed by atoms with E-state index in [4.69, 9.17) is 21.1 Å². The summed E-state index contributed by atoms with van der Waals surface area (Å²) in [6.07, 6.45) is 0. The Bertz CT molecular complexity index is 238. The highest BCUT2D eigenvalue weighted by Gasteiger charge is 1.93. The summed E-state index contributed by atoms with van der Waals surface area (Å²) < 4.78 is 9.98. The first-order valence-electron chi connectivity index (χ1n) is 3.68. The Morgan fingerprint density at radius 3 is 3.00 bits per heavy atom. The Balaban J connectivity index is 2.41. The fourth-order valence-electron chi connectivity index (χ4n) is 0.698. The molecule has 0 fully saturated rings. The number of ether oxygens (including phenoxy) is 2. The van der Waals surface area contributed by atoms with Crippen LogP contribution in [-0.4, -0.2) is 6.61 Å². The molecule has 0 heterocycles. The van der Waals surface area contributed by atoms with Gasteiger partial charge in [0.2, 0.25) is 0 Å². The molecular weight excluding hydrogens is 176 g/mol. The van der Waals surface area contributed by atoms with Gasteiger partial charge in [-0.3, -0.25) is 0 Å². The summed E-state index contributed by atoms with van der Waals surface area (Å²) in [5.41, 5.74) is 0. The maximum Gasteiger partial charge on any atom is 0.263 e. The molecule has 12 heavy (non-hydrogen) atoms. The van der Waals surface area contributed by atoms with Crippen LogP contribution in [0.25, 0.3) is 0 Å². The van der Waals surface area contributed by atoms with Crippen LogP contribution < -0.4 is 4.74 Å². The van der Waals surface area contributed by atoms with Crippen LogP contribution in [0.2, 0.25) is 5.02 Å². The molecule has 3 heteroatoms. The van der Waals surface area contributed by atoms with Gasteiger partial charge in [-0.2, -0.15) is 0 Å². The molecule has 0 aliphatic heterocycles. The van der Waals surface area contributed by atoms with Gasteiger partial charge in [0.25, 0.3) is 6.79 Å². The average molecular weight is 186 g/mol. The Kier molecular flexibility index (Phi) is 3.91. The maximum atomic E-state index is 5.72. The third kappa shape index (κ3) is 3.11. The van der Waals surface area contributed by atoms with E-state index in [1.807, 2.05) is 13.0 Å². The number of benzene rings is 1. The molecule has 0 spiro atoms. The minimum absolute atomic E-state index is 0.598. The molecule has 1 aromatic carbocycles. The average Bonchev–Trinajstić information content (AvgIpc) is 2.05. The summed E-state index contributed by atoms with van der Waals surface area (Å²) in [5.74, 6) is 0.677. The molecule has 0 atom stereocenters. The second-order valence-corrected chi connectivity index (χ2v) is 2.56. The van der Waals surface area contributed by atoms with Gasteiger partial charge in [0, 0.05) is 11.6 Å². The minimum atomic E-state index is 0.598. The molecule has 0 amide bonds. The van der Waals surface area contributed by atoms with Crippen LogP contribution >= 0.6 is 11.6 Å². The van der Waals surface area contributed by atoms with Crippen molar-refractivity contribution >= 4 is 11.6 Å². The van der Waals surface area contributed by atoms with E-state index >= 15 is 0 Å². The second-order valence-electron chi connectivity index (χ2n) is 2.13. The van der Waals surface area contributed by atoms with E-state index < -0.39 is 0 Å². The molecule has 0 aliphatic carbocycles. The van der Waals surface area contributed by atoms with Crippen molar-refractivity contribution in [1.82, 2.24) is 0 Å². The third-order valence-electron chi connectivity index (χ3n) is 1.21. The van der Waals surface area contributed by atoms with Crippen molar-refractivity contribution in [2.24, 2.45) is 0 Å². The molecule has 0 aliphatic rings. The van der Waals surface area contributed by atoms with Gasteiger partial charge in [-0.15, -0.1) is 0 Å². The predicted molar refractivity (Wildman–Crippen MR) is 48.0 cm³/mol. The first-order valence-corrected chi connectivity index (χ1v) is 4.06. The van der Waals surface area contributed by atoms with Crippen LogP contribution in [0.5, 0.6) is 5.75 Å². The quantitative estimate of drug-likeness (QED) is 0.672. The van der Waals surface area contributed by atoms with Gasteiger partial charge in [0.05, 0.1) is 0 Å². The Labute approximate surface area is 77.1 Å². The van der Waals surface area contributed by atoms with E-state index in [2.05, 4.69) is 0 Å². The summed E-state index contributed by atoms with van der Waals surface area (Å²) in [7, 11) is 0. The lowest BCUT2D eigenvalue weighted by Crippen LogP contribution is -1.94. The topological polar surface area (TPSA) is 18.5 Å². The monoisotopic (exact) mass is 185 g/mol. The highest BCUT2D eigenvalue weighted by Crippen LogP contribution is 2.17. The lowest BCUT2D eigenvalue weighted by atomic mass is 10.3. The molecule has 2 nitrogen and oxygen atoms in total. The standard InChI is InChI=1S/C9H10ClO2/c1-2-11-7-12-9-5-3-4-8(10)6-9/h3-7H,2H2,1H3. The largest absolute Gasteiger partial charge is 0.458 e. The fraction of sp³-hybridized carbons (Fsp3) is 0.222. The fourth-order valence-corrected chi connectivity index (χ4v) is 0.878. The molecular formula is C9H10ClO2. The lowest BCUT2D eigenvalue weighted by molar-refractivity contribution is 0.101. The number of hydrogen-bond acceptors (Lipinski definition) is 2. The Morgan fingerprint density at radius 2 is 2.33 bits per heavy atom. The van der Waals surface area contributed by atoms with E-state index in [9.17, 15) is 0 Å². The van der Waals surface area contributed by atoms with Gasteiger partial charge in [-0.05, 0) is 25.1 Å². The van der Waals surface area contributed by atoms with Gasteiger partial charge in [0.15, 0.2) is 0 Å². The van der Waals surface area contributed by atoms with Gasteiger partial charge in [-0.1, -0.05) is 17.7 Å². The van der Waals surface area contributed by atoms with Crippen LogP contribution in [0, 0.1) is 6.79 Å². The van der Waals surface area contributed by atoms with E-state index in [0.717, 1.165) is 0 Å². The van der Waals surface area contributed by atoms with Crippen molar-refractivity contribution in [2.45, 2.75) is 6.92 Å². The third-order valence-corrected chi connectivity index (χ3v) is 1.45. The summed E-state index contributed by atoms with van der Waals surface area (Å²) in [4.78, 5) is 0. The zero-order valence-corrected chi connectivity index (χ0v) is 7.54. The molecule has 0 N–H and O–H groups in total. The molecule has 1 aromatic rings. The number of hydrogen-bond donors (Lipinski definition) is 0. The zero-order valence-electron chi connectivity index (χ0n) is 6.79. The maximum absolute atomic E-state index is 5.72. The molecule has 0 aromatic heterocycles. The smallest absolute Gasteiger partial charge is 0.263 e. The second kappa shape index (κ2) is 5.01. The molecule has 65 valence electrons. The van der Waals surface area contributed by atoms with Gasteiger partial charge < -0.3 is 9.47 Å². The number of rotatable bonds is 4. The van der Waals surface area contributed by atoms with Crippen LogP contribution in [-0.2, 0) is 4.74 Å². The normalized spacial score (nSPS) is 9.83. The van der Waals surface area contributed by atoms with Gasteiger partial charge >= 0.3 is 0 Å². The SMILES string of the molecule is CCO[CH]Oc1cccc(Cl)c1. The molecule has 0 saturated heterocycles. The van der Waals surface area contributed by atoms with Crippen molar-refractivity contribution < 1.29 is 9.47 Å². The van der Waals surface area contributed by atoms with Crippen LogP contribution in [0.4, 0.5) is 0 Å². The summed E-state index contributed by atoms with van der Waals surface area (Å²) >= 11 is 5.72. The highest BCUT2D eigenvalue weighted by molar-refractivity contribution is 6.30. The van der Waals surface area contributed by atoms with E-state index in [0.29, 0.717) is 17.4 Å². The molecule has 1 rings (SSSR count). The Morgan fingerprint density at radius 1 is 1.50 bits per heavy atom. The highest BCUT2D eigenvalue weighted by atomic mass is 35.5. The van der Waals surface area contributed by atoms with Crippen LogP contribution in [0.1, 0.15) is 6.92 Å². The molecule has 0 bridgehead atoms. The van der Waals surface area contributed by atoms with E-state index in [1.54, 1.807) is 18.2 Å². The Hall–Kier alpha value is -0.730. The van der Waals surface area contributed by atoms with Gasteiger partial charge in [-0.25, -0.2) is 0 Å². The van der Waals surface area contributed by atoms with Crippen molar-refractivity contribution in [3.8, 4) is 5.75 Å². The number of halogens is 1. The lowest BCUT2D eigenvalue weighted by Gasteiger charge is -2.03. The zero-order chi connectivity index (χ0) is 8.81. The van der Waals surface area contributed by atoms with Gasteiger partial charge in [0.1, 0.15) is 5.75 Å². The van der Waals surface area contributed by atoms with Crippen molar-refractivity contribution in [2.75, 3.05) is 6.61 Å². The molecule has 1 radical (unpaired) electrons. The van der Waals surface area contributed by atoms with Crippen molar-refractivity contribution in [1.29, 1.82) is 0 Å². The summed E-state index contributed by atoms with van der Waals surface area (Å²) in [5, 5.41) is 0.650. The minimum Gasteiger partial charge on any atom is -0.458 e. The predicted octanol–water partition coefficient (Wildman–Crippen LogP) is 2.87. The summed E-state index contributed by atoms with van der Waals surface area (Å²) in [6.45, 7) is 3.78. The summed E-state index contributed by atoms with van der Waals surface area (Å²) in [6, 6.07) is 7.13. The van der Waals surface area contributed by atoms with Crippen LogP contribution in [0.15, 0.2) is 24.3 Å². The molecule has 0 unspecified atom stereocenters. The van der Waals surface area contributed by atoms with Crippen LogP contribution in [0.3, 0.4) is 0 Å². The van der Waals surface area contributed by atoms with E-state index in [1.165, 1.54) is 6.79 Å². The first kappa shape index (κ1) is 9.36. The van der Waals surface area contributed by atoms with Crippen molar-refractivity contribution in [3.63, 3.8) is 0 Å². The van der Waals surface area contributed by atoms with Crippen molar-refractivity contribution in [3.05, 3.63) is 36.1 Å². The molecule has 0 saturated carbocycles. The van der Waals surface area contributed by atoms with E-state index in [-0.39, 0.29) is 0 Å². The first-order chi connectivity index (χ1) is 5.83.